The quantitative estimate of drug-likeness (QED) is 0.713. The molecule has 0 saturated carbocycles. The van der Waals surface area contributed by atoms with Gasteiger partial charge in [-0.25, -0.2) is 0 Å². The highest BCUT2D eigenvalue weighted by molar-refractivity contribution is 5.69. The number of pyridine rings is 1. The SMILES string of the molecule is CCCc1cc2nc(c1)CN(CC(=O)O)CCN(CC(=O)O)CCN(CC)C2. The molecule has 0 aliphatic carbocycles. The van der Waals surface area contributed by atoms with E-state index in [2.05, 4.69) is 30.9 Å². The van der Waals surface area contributed by atoms with Crippen LogP contribution in [-0.2, 0) is 29.1 Å². The maximum absolute atomic E-state index is 11.3. The first-order valence-electron chi connectivity index (χ1n) is 9.99. The van der Waals surface area contributed by atoms with Gasteiger partial charge in [0, 0.05) is 39.3 Å². The van der Waals surface area contributed by atoms with Gasteiger partial charge in [0.15, 0.2) is 0 Å². The van der Waals surface area contributed by atoms with E-state index in [0.29, 0.717) is 32.7 Å². The highest BCUT2D eigenvalue weighted by atomic mass is 16.4. The van der Waals surface area contributed by atoms with Crippen LogP contribution in [0.25, 0.3) is 0 Å². The molecular formula is C20H32N4O4. The highest BCUT2D eigenvalue weighted by Crippen LogP contribution is 2.14. The third kappa shape index (κ3) is 7.53. The average Bonchev–Trinajstić information content (AvgIpc) is 2.61. The minimum atomic E-state index is -0.890. The predicted octanol–water partition coefficient (Wildman–Crippen LogP) is 1.14. The van der Waals surface area contributed by atoms with E-state index in [4.69, 9.17) is 4.98 Å². The molecule has 2 heterocycles. The minimum Gasteiger partial charge on any atom is -0.480 e. The number of carboxylic acid groups (broad SMARTS) is 2. The molecule has 156 valence electrons. The second-order valence-electron chi connectivity index (χ2n) is 7.35. The van der Waals surface area contributed by atoms with E-state index in [1.807, 2.05) is 9.80 Å². The first-order chi connectivity index (χ1) is 13.4. The van der Waals surface area contributed by atoms with Crippen molar-refractivity contribution >= 4 is 11.9 Å². The minimum absolute atomic E-state index is 0.0390. The number of nitrogens with zero attached hydrogens (tertiary/aromatic N) is 4. The van der Waals surface area contributed by atoms with Gasteiger partial charge in [0.2, 0.25) is 0 Å². The zero-order chi connectivity index (χ0) is 20.5. The molecule has 0 aromatic carbocycles. The van der Waals surface area contributed by atoms with Gasteiger partial charge in [-0.1, -0.05) is 20.3 Å². The van der Waals surface area contributed by atoms with Crippen LogP contribution in [0.3, 0.4) is 0 Å². The Morgan fingerprint density at radius 3 is 1.93 bits per heavy atom. The van der Waals surface area contributed by atoms with Crippen LogP contribution < -0.4 is 0 Å². The number of hydrogen-bond donors (Lipinski definition) is 2. The fraction of sp³-hybridized carbons (Fsp3) is 0.650. The zero-order valence-corrected chi connectivity index (χ0v) is 16.9. The lowest BCUT2D eigenvalue weighted by Crippen LogP contribution is -2.43. The topological polar surface area (TPSA) is 97.2 Å². The molecule has 1 aliphatic rings. The third-order valence-corrected chi connectivity index (χ3v) is 4.93. The van der Waals surface area contributed by atoms with Gasteiger partial charge in [-0.15, -0.1) is 0 Å². The van der Waals surface area contributed by atoms with Gasteiger partial charge < -0.3 is 10.2 Å². The van der Waals surface area contributed by atoms with Crippen LogP contribution in [0.15, 0.2) is 12.1 Å². The summed E-state index contributed by atoms with van der Waals surface area (Å²) in [6.45, 7) is 8.51. The van der Waals surface area contributed by atoms with Crippen LogP contribution in [0.4, 0.5) is 0 Å². The van der Waals surface area contributed by atoms with Gasteiger partial charge in [-0.05, 0) is 30.7 Å². The molecule has 0 unspecified atom stereocenters. The Hall–Kier alpha value is -2.03. The van der Waals surface area contributed by atoms with Crippen LogP contribution in [0, 0.1) is 0 Å². The molecule has 0 atom stereocenters. The molecule has 1 aromatic heterocycles. The summed E-state index contributed by atoms with van der Waals surface area (Å²) < 4.78 is 0. The third-order valence-electron chi connectivity index (χ3n) is 4.93. The molecule has 0 amide bonds. The maximum Gasteiger partial charge on any atom is 0.317 e. The van der Waals surface area contributed by atoms with E-state index in [0.717, 1.165) is 37.3 Å². The largest absolute Gasteiger partial charge is 0.480 e. The lowest BCUT2D eigenvalue weighted by molar-refractivity contribution is -0.140. The lowest BCUT2D eigenvalue weighted by Gasteiger charge is -2.29. The molecule has 0 saturated heterocycles. The Labute approximate surface area is 166 Å². The van der Waals surface area contributed by atoms with Gasteiger partial charge in [0.1, 0.15) is 0 Å². The second-order valence-corrected chi connectivity index (χ2v) is 7.35. The summed E-state index contributed by atoms with van der Waals surface area (Å²) in [5.41, 5.74) is 3.10. The molecule has 28 heavy (non-hydrogen) atoms. The average molecular weight is 393 g/mol. The van der Waals surface area contributed by atoms with Crippen molar-refractivity contribution in [2.75, 3.05) is 45.8 Å². The van der Waals surface area contributed by atoms with E-state index in [9.17, 15) is 19.8 Å². The molecule has 2 bridgehead atoms. The predicted molar refractivity (Wildman–Crippen MR) is 106 cm³/mol. The Bertz CT molecular complexity index is 668. The van der Waals surface area contributed by atoms with Crippen molar-refractivity contribution in [1.82, 2.24) is 19.7 Å². The molecule has 2 rings (SSSR count). The Balaban J connectivity index is 2.30. The standard InChI is InChI=1S/C20H32N4O4/c1-3-5-16-10-17-12-22(4-2)6-7-23(14-19(25)26)8-9-24(15-20(27)28)13-18(11-16)21-17/h10-11H,3-9,12-15H2,1-2H3,(H,25,26)(H,27,28). The van der Waals surface area contributed by atoms with Crippen molar-refractivity contribution in [3.05, 3.63) is 29.1 Å². The number of aryl methyl sites for hydroxylation is 1. The summed E-state index contributed by atoms with van der Waals surface area (Å²) in [6.07, 6.45) is 2.02. The molecular weight excluding hydrogens is 360 g/mol. The van der Waals surface area contributed by atoms with Crippen LogP contribution in [0.5, 0.6) is 0 Å². The van der Waals surface area contributed by atoms with Crippen LogP contribution in [0.1, 0.15) is 37.2 Å². The summed E-state index contributed by atoms with van der Waals surface area (Å²) in [4.78, 5) is 33.3. The Morgan fingerprint density at radius 2 is 1.39 bits per heavy atom. The van der Waals surface area contributed by atoms with E-state index in [1.165, 1.54) is 5.56 Å². The first-order valence-corrected chi connectivity index (χ1v) is 9.99. The molecule has 0 fully saturated rings. The first kappa shape index (κ1) is 22.3. The number of rotatable bonds is 7. The molecule has 8 heteroatoms. The van der Waals surface area contributed by atoms with E-state index in [-0.39, 0.29) is 13.1 Å². The second kappa shape index (κ2) is 11.1. The van der Waals surface area contributed by atoms with Gasteiger partial charge in [-0.2, -0.15) is 0 Å². The van der Waals surface area contributed by atoms with Gasteiger partial charge in [0.05, 0.1) is 24.5 Å². The summed E-state index contributed by atoms with van der Waals surface area (Å²) in [7, 11) is 0. The van der Waals surface area contributed by atoms with Crippen molar-refractivity contribution in [3.8, 4) is 0 Å². The van der Waals surface area contributed by atoms with Crippen LogP contribution in [0.2, 0.25) is 0 Å². The number of carboxylic acids is 2. The Kier molecular flexibility index (Phi) is 8.82. The smallest absolute Gasteiger partial charge is 0.317 e. The van der Waals surface area contributed by atoms with E-state index >= 15 is 0 Å². The number of likely N-dealkylation sites (N-methyl/N-ethyl adjacent to an activating group) is 1. The van der Waals surface area contributed by atoms with Crippen molar-refractivity contribution in [3.63, 3.8) is 0 Å². The molecule has 8 nitrogen and oxygen atoms in total. The van der Waals surface area contributed by atoms with Crippen molar-refractivity contribution in [1.29, 1.82) is 0 Å². The van der Waals surface area contributed by atoms with E-state index < -0.39 is 11.9 Å². The number of aromatic nitrogens is 1. The summed E-state index contributed by atoms with van der Waals surface area (Å²) in [6, 6.07) is 4.21. The monoisotopic (exact) mass is 392 g/mol. The number of fused-ring (bicyclic) bond motifs is 2. The number of carbonyl (C=O) groups is 2. The molecule has 2 N–H and O–H groups in total. The van der Waals surface area contributed by atoms with Crippen LogP contribution in [-0.4, -0.2) is 87.6 Å². The van der Waals surface area contributed by atoms with Gasteiger partial charge in [-0.3, -0.25) is 29.3 Å². The van der Waals surface area contributed by atoms with Gasteiger partial charge in [0.25, 0.3) is 0 Å². The fourth-order valence-corrected chi connectivity index (χ4v) is 3.55. The van der Waals surface area contributed by atoms with Gasteiger partial charge >= 0.3 is 11.9 Å². The van der Waals surface area contributed by atoms with E-state index in [1.54, 1.807) is 0 Å². The fourth-order valence-electron chi connectivity index (χ4n) is 3.55. The maximum atomic E-state index is 11.3. The number of aliphatic carboxylic acids is 2. The summed E-state index contributed by atoms with van der Waals surface area (Å²) in [5.74, 6) is -1.75. The lowest BCUT2D eigenvalue weighted by atomic mass is 10.1. The summed E-state index contributed by atoms with van der Waals surface area (Å²) >= 11 is 0. The van der Waals surface area contributed by atoms with Crippen molar-refractivity contribution in [2.45, 2.75) is 39.8 Å². The molecule has 0 radical (unpaired) electrons. The molecule has 0 spiro atoms. The normalized spacial score (nSPS) is 17.6. The zero-order valence-electron chi connectivity index (χ0n) is 16.9. The highest BCUT2D eigenvalue weighted by Gasteiger charge is 2.18. The molecule has 1 aliphatic heterocycles. The van der Waals surface area contributed by atoms with Crippen molar-refractivity contribution in [2.24, 2.45) is 0 Å². The number of hydrogen-bond acceptors (Lipinski definition) is 6. The molecule has 1 aromatic rings. The van der Waals surface area contributed by atoms with Crippen molar-refractivity contribution < 1.29 is 19.8 Å². The van der Waals surface area contributed by atoms with Crippen LogP contribution >= 0.6 is 0 Å². The summed E-state index contributed by atoms with van der Waals surface area (Å²) in [5, 5.41) is 18.5. The Morgan fingerprint density at radius 1 is 0.893 bits per heavy atom.